The standard InChI is InChI=1S/C20H19N3O2S/c1-25-16-9-5-8-15(12-16)21-20(24)23-11-10-17-18(13-23)26-19(22-17)14-6-3-2-4-7-14/h2-9,12H,10-11,13H2,1H3,(H,21,24). The van der Waals surface area contributed by atoms with Crippen molar-refractivity contribution < 1.29 is 9.53 Å². The lowest BCUT2D eigenvalue weighted by atomic mass is 10.2. The second-order valence-corrected chi connectivity index (χ2v) is 7.17. The number of carbonyl (C=O) groups is 1. The van der Waals surface area contributed by atoms with Crippen molar-refractivity contribution in [3.63, 3.8) is 0 Å². The number of hydrogen-bond acceptors (Lipinski definition) is 4. The number of ether oxygens (including phenoxy) is 1. The van der Waals surface area contributed by atoms with Gasteiger partial charge in [0.1, 0.15) is 10.8 Å². The van der Waals surface area contributed by atoms with Crippen LogP contribution in [0.3, 0.4) is 0 Å². The minimum atomic E-state index is -0.0986. The smallest absolute Gasteiger partial charge is 0.322 e. The zero-order valence-corrected chi connectivity index (χ0v) is 15.3. The van der Waals surface area contributed by atoms with Gasteiger partial charge in [0.25, 0.3) is 0 Å². The van der Waals surface area contributed by atoms with Crippen LogP contribution in [0.25, 0.3) is 10.6 Å². The van der Waals surface area contributed by atoms with Gasteiger partial charge in [-0.25, -0.2) is 9.78 Å². The van der Waals surface area contributed by atoms with Crippen molar-refractivity contribution in [2.24, 2.45) is 0 Å². The summed E-state index contributed by atoms with van der Waals surface area (Å²) >= 11 is 1.67. The maximum absolute atomic E-state index is 12.6. The summed E-state index contributed by atoms with van der Waals surface area (Å²) in [6.07, 6.45) is 0.782. The van der Waals surface area contributed by atoms with Gasteiger partial charge in [0.05, 0.1) is 19.3 Å². The fraction of sp³-hybridized carbons (Fsp3) is 0.200. The lowest BCUT2D eigenvalue weighted by Gasteiger charge is -2.26. The van der Waals surface area contributed by atoms with Crippen molar-refractivity contribution in [2.75, 3.05) is 19.0 Å². The summed E-state index contributed by atoms with van der Waals surface area (Å²) in [6.45, 7) is 1.26. The number of nitrogens with one attached hydrogen (secondary N) is 1. The Morgan fingerprint density at radius 1 is 1.19 bits per heavy atom. The summed E-state index contributed by atoms with van der Waals surface area (Å²) < 4.78 is 5.20. The molecule has 0 saturated heterocycles. The van der Waals surface area contributed by atoms with Gasteiger partial charge < -0.3 is 15.0 Å². The highest BCUT2D eigenvalue weighted by atomic mass is 32.1. The molecule has 2 amide bonds. The highest BCUT2D eigenvalue weighted by Gasteiger charge is 2.24. The molecule has 0 fully saturated rings. The van der Waals surface area contributed by atoms with Crippen LogP contribution in [-0.2, 0) is 13.0 Å². The number of amides is 2. The van der Waals surface area contributed by atoms with E-state index >= 15 is 0 Å². The van der Waals surface area contributed by atoms with Crippen molar-refractivity contribution in [3.05, 3.63) is 65.2 Å². The van der Waals surface area contributed by atoms with Crippen LogP contribution in [0.2, 0.25) is 0 Å². The third-order valence-corrected chi connectivity index (χ3v) is 5.49. The predicted molar refractivity (Wildman–Crippen MR) is 104 cm³/mol. The molecule has 0 aliphatic carbocycles. The molecule has 2 aromatic carbocycles. The molecule has 3 aromatic rings. The van der Waals surface area contributed by atoms with Crippen LogP contribution in [0.1, 0.15) is 10.6 Å². The quantitative estimate of drug-likeness (QED) is 0.748. The first kappa shape index (κ1) is 16.6. The highest BCUT2D eigenvalue weighted by Crippen LogP contribution is 2.31. The Morgan fingerprint density at radius 2 is 2.04 bits per heavy atom. The molecule has 26 heavy (non-hydrogen) atoms. The SMILES string of the molecule is COc1cccc(NC(=O)N2CCc3nc(-c4ccccc4)sc3C2)c1. The number of fused-ring (bicyclic) bond motifs is 1. The number of methoxy groups -OCH3 is 1. The van der Waals surface area contributed by atoms with Crippen molar-refractivity contribution in [1.82, 2.24) is 9.88 Å². The molecule has 0 saturated carbocycles. The van der Waals surface area contributed by atoms with E-state index in [-0.39, 0.29) is 6.03 Å². The molecule has 132 valence electrons. The number of thiazole rings is 1. The maximum Gasteiger partial charge on any atom is 0.322 e. The fourth-order valence-electron chi connectivity index (χ4n) is 2.98. The molecule has 0 unspecified atom stereocenters. The molecule has 1 aromatic heterocycles. The first-order valence-electron chi connectivity index (χ1n) is 8.47. The number of hydrogen-bond donors (Lipinski definition) is 1. The van der Waals surface area contributed by atoms with E-state index in [9.17, 15) is 4.79 Å². The molecule has 0 atom stereocenters. The van der Waals surface area contributed by atoms with Gasteiger partial charge in [-0.1, -0.05) is 36.4 Å². The van der Waals surface area contributed by atoms with Gasteiger partial charge >= 0.3 is 6.03 Å². The number of rotatable bonds is 3. The first-order valence-corrected chi connectivity index (χ1v) is 9.28. The van der Waals surface area contributed by atoms with E-state index < -0.39 is 0 Å². The molecule has 1 aliphatic heterocycles. The largest absolute Gasteiger partial charge is 0.497 e. The van der Waals surface area contributed by atoms with Gasteiger partial charge in [-0.15, -0.1) is 11.3 Å². The number of urea groups is 1. The topological polar surface area (TPSA) is 54.5 Å². The second-order valence-electron chi connectivity index (χ2n) is 6.09. The lowest BCUT2D eigenvalue weighted by molar-refractivity contribution is 0.207. The van der Waals surface area contributed by atoms with Gasteiger partial charge in [-0.3, -0.25) is 0 Å². The van der Waals surface area contributed by atoms with Crippen LogP contribution in [0.4, 0.5) is 10.5 Å². The molecule has 2 heterocycles. The Hall–Kier alpha value is -2.86. The molecular formula is C20H19N3O2S. The number of anilines is 1. The van der Waals surface area contributed by atoms with E-state index in [2.05, 4.69) is 17.4 Å². The summed E-state index contributed by atoms with van der Waals surface area (Å²) in [7, 11) is 1.61. The van der Waals surface area contributed by atoms with E-state index in [4.69, 9.17) is 9.72 Å². The normalized spacial score (nSPS) is 13.2. The summed E-state index contributed by atoms with van der Waals surface area (Å²) in [5.41, 5.74) is 2.97. The van der Waals surface area contributed by atoms with E-state index in [1.54, 1.807) is 18.4 Å². The molecule has 6 heteroatoms. The second kappa shape index (κ2) is 7.17. The van der Waals surface area contributed by atoms with E-state index in [1.807, 2.05) is 47.4 Å². The summed E-state index contributed by atoms with van der Waals surface area (Å²) in [5, 5.41) is 3.97. The van der Waals surface area contributed by atoms with Crippen LogP contribution in [0.15, 0.2) is 54.6 Å². The van der Waals surface area contributed by atoms with E-state index in [0.717, 1.165) is 39.0 Å². The lowest BCUT2D eigenvalue weighted by Crippen LogP contribution is -2.38. The van der Waals surface area contributed by atoms with Gasteiger partial charge in [-0.2, -0.15) is 0 Å². The van der Waals surface area contributed by atoms with Gasteiger partial charge in [0, 0.05) is 35.2 Å². The Bertz CT molecular complexity index is 924. The average Bonchev–Trinajstić information content (AvgIpc) is 3.12. The molecular weight excluding hydrogens is 346 g/mol. The predicted octanol–water partition coefficient (Wildman–Crippen LogP) is 4.41. The third-order valence-electron chi connectivity index (χ3n) is 4.36. The number of nitrogens with zero attached hydrogens (tertiary/aromatic N) is 2. The molecule has 5 nitrogen and oxygen atoms in total. The molecule has 0 spiro atoms. The van der Waals surface area contributed by atoms with Crippen molar-refractivity contribution in [2.45, 2.75) is 13.0 Å². The number of carbonyl (C=O) groups excluding carboxylic acids is 1. The summed E-state index contributed by atoms with van der Waals surface area (Å²) in [4.78, 5) is 20.4. The fourth-order valence-corrected chi connectivity index (χ4v) is 4.11. The van der Waals surface area contributed by atoms with Crippen molar-refractivity contribution >= 4 is 23.1 Å². The first-order chi connectivity index (χ1) is 12.7. The highest BCUT2D eigenvalue weighted by molar-refractivity contribution is 7.15. The summed E-state index contributed by atoms with van der Waals surface area (Å²) in [5.74, 6) is 0.721. The van der Waals surface area contributed by atoms with Gasteiger partial charge in [0.15, 0.2) is 0 Å². The Kier molecular flexibility index (Phi) is 4.58. The minimum absolute atomic E-state index is 0.0986. The Morgan fingerprint density at radius 3 is 2.85 bits per heavy atom. The molecule has 4 rings (SSSR count). The van der Waals surface area contributed by atoms with Crippen LogP contribution in [0.5, 0.6) is 5.75 Å². The number of aromatic nitrogens is 1. The van der Waals surface area contributed by atoms with Crippen LogP contribution >= 0.6 is 11.3 Å². The number of benzene rings is 2. The molecule has 1 aliphatic rings. The van der Waals surface area contributed by atoms with Crippen molar-refractivity contribution in [3.8, 4) is 16.3 Å². The van der Waals surface area contributed by atoms with Crippen molar-refractivity contribution in [1.29, 1.82) is 0 Å². The van der Waals surface area contributed by atoms with Crippen LogP contribution in [-0.4, -0.2) is 29.6 Å². The van der Waals surface area contributed by atoms with E-state index in [0.29, 0.717) is 13.1 Å². The maximum atomic E-state index is 12.6. The van der Waals surface area contributed by atoms with Crippen LogP contribution in [0, 0.1) is 0 Å². The molecule has 1 N–H and O–H groups in total. The van der Waals surface area contributed by atoms with Gasteiger partial charge in [-0.05, 0) is 12.1 Å². The molecule has 0 radical (unpaired) electrons. The minimum Gasteiger partial charge on any atom is -0.497 e. The average molecular weight is 365 g/mol. The Labute approximate surface area is 156 Å². The molecule has 0 bridgehead atoms. The monoisotopic (exact) mass is 365 g/mol. The third kappa shape index (κ3) is 3.41. The Balaban J connectivity index is 1.47. The van der Waals surface area contributed by atoms with Crippen LogP contribution < -0.4 is 10.1 Å². The van der Waals surface area contributed by atoms with E-state index in [1.165, 1.54) is 0 Å². The zero-order valence-electron chi connectivity index (χ0n) is 14.4. The van der Waals surface area contributed by atoms with Gasteiger partial charge in [0.2, 0.25) is 0 Å². The zero-order chi connectivity index (χ0) is 17.9. The summed E-state index contributed by atoms with van der Waals surface area (Å²) in [6, 6.07) is 17.5.